The summed E-state index contributed by atoms with van der Waals surface area (Å²) in [6.45, 7) is 3.28. The van der Waals surface area contributed by atoms with Gasteiger partial charge < -0.3 is 5.32 Å². The summed E-state index contributed by atoms with van der Waals surface area (Å²) in [5.74, 6) is 1.20. The van der Waals surface area contributed by atoms with E-state index in [4.69, 9.17) is 11.6 Å². The van der Waals surface area contributed by atoms with Crippen LogP contribution >= 0.6 is 23.4 Å². The first-order chi connectivity index (χ1) is 7.31. The molecular weight excluding hydrogens is 226 g/mol. The van der Waals surface area contributed by atoms with Gasteiger partial charge in [0.25, 0.3) is 0 Å². The summed E-state index contributed by atoms with van der Waals surface area (Å²) in [6.07, 6.45) is 2.39. The number of nitrogens with one attached hydrogen (secondary N) is 1. The molecule has 1 nitrogen and oxygen atoms in total. The highest BCUT2D eigenvalue weighted by atomic mass is 35.5. The third kappa shape index (κ3) is 2.68. The molecule has 2 rings (SSSR count). The minimum Gasteiger partial charge on any atom is -0.310 e. The van der Waals surface area contributed by atoms with Crippen LogP contribution in [-0.2, 0) is 0 Å². The molecule has 1 unspecified atom stereocenters. The van der Waals surface area contributed by atoms with Gasteiger partial charge in [-0.25, -0.2) is 0 Å². The Kier molecular flexibility index (Phi) is 3.95. The predicted octanol–water partition coefficient (Wildman–Crippen LogP) is 3.88. The molecule has 82 valence electrons. The van der Waals surface area contributed by atoms with Crippen LogP contribution in [0.3, 0.4) is 0 Å². The van der Waals surface area contributed by atoms with Gasteiger partial charge in [-0.05, 0) is 48.9 Å². The lowest BCUT2D eigenvalue weighted by atomic mass is 10.0. The number of fused-ring (bicyclic) bond motifs is 1. The van der Waals surface area contributed by atoms with Gasteiger partial charge in [0.2, 0.25) is 0 Å². The highest BCUT2D eigenvalue weighted by Gasteiger charge is 2.19. The zero-order chi connectivity index (χ0) is 10.7. The summed E-state index contributed by atoms with van der Waals surface area (Å²) >= 11 is 7.97. The van der Waals surface area contributed by atoms with E-state index in [1.165, 1.54) is 29.1 Å². The van der Waals surface area contributed by atoms with Crippen molar-refractivity contribution >= 4 is 23.4 Å². The monoisotopic (exact) mass is 241 g/mol. The van der Waals surface area contributed by atoms with Crippen LogP contribution in [0.25, 0.3) is 0 Å². The van der Waals surface area contributed by atoms with E-state index in [0.717, 1.165) is 11.6 Å². The Labute approximate surface area is 101 Å². The number of benzene rings is 1. The van der Waals surface area contributed by atoms with E-state index in [9.17, 15) is 0 Å². The smallest absolute Gasteiger partial charge is 0.0410 e. The molecule has 0 radical (unpaired) electrons. The van der Waals surface area contributed by atoms with Crippen molar-refractivity contribution in [2.75, 3.05) is 12.3 Å². The molecule has 3 heteroatoms. The normalized spacial score (nSPS) is 20.0. The lowest BCUT2D eigenvalue weighted by Gasteiger charge is -2.26. The summed E-state index contributed by atoms with van der Waals surface area (Å²) in [7, 11) is 0. The summed E-state index contributed by atoms with van der Waals surface area (Å²) in [5, 5.41) is 4.43. The quantitative estimate of drug-likeness (QED) is 0.862. The van der Waals surface area contributed by atoms with E-state index < -0.39 is 0 Å². The van der Waals surface area contributed by atoms with Crippen molar-refractivity contribution < 1.29 is 0 Å². The van der Waals surface area contributed by atoms with E-state index in [1.54, 1.807) is 0 Å². The van der Waals surface area contributed by atoms with Gasteiger partial charge >= 0.3 is 0 Å². The number of halogens is 1. The Balaban J connectivity index is 2.20. The Hall–Kier alpha value is -0.180. The fourth-order valence-corrected chi connectivity index (χ4v) is 3.18. The van der Waals surface area contributed by atoms with Crippen LogP contribution in [0.2, 0.25) is 5.02 Å². The van der Waals surface area contributed by atoms with Gasteiger partial charge in [0.1, 0.15) is 0 Å². The number of thioether (sulfide) groups is 1. The molecule has 1 atom stereocenters. The molecule has 1 aromatic carbocycles. The number of hydrogen-bond acceptors (Lipinski definition) is 2. The van der Waals surface area contributed by atoms with Gasteiger partial charge in [-0.3, -0.25) is 0 Å². The summed E-state index contributed by atoms with van der Waals surface area (Å²) in [5.41, 5.74) is 1.38. The van der Waals surface area contributed by atoms with Gasteiger partial charge in [0.05, 0.1) is 0 Å². The predicted molar refractivity (Wildman–Crippen MR) is 67.8 cm³/mol. The van der Waals surface area contributed by atoms with Crippen LogP contribution in [0.15, 0.2) is 23.1 Å². The van der Waals surface area contributed by atoms with Crippen molar-refractivity contribution in [2.24, 2.45) is 0 Å². The molecule has 1 aromatic rings. The Bertz CT molecular complexity index is 340. The average molecular weight is 242 g/mol. The molecule has 0 aliphatic carbocycles. The van der Waals surface area contributed by atoms with E-state index in [1.807, 2.05) is 17.8 Å². The van der Waals surface area contributed by atoms with E-state index in [0.29, 0.717) is 6.04 Å². The molecule has 1 aliphatic heterocycles. The van der Waals surface area contributed by atoms with Crippen LogP contribution in [0.5, 0.6) is 0 Å². The molecule has 0 aromatic heterocycles. The van der Waals surface area contributed by atoms with Crippen molar-refractivity contribution in [2.45, 2.75) is 30.7 Å². The average Bonchev–Trinajstić information content (AvgIpc) is 2.26. The second kappa shape index (κ2) is 5.24. The van der Waals surface area contributed by atoms with Crippen molar-refractivity contribution in [3.05, 3.63) is 28.8 Å². The minimum absolute atomic E-state index is 0.500. The third-order valence-corrected chi connectivity index (χ3v) is 4.01. The number of rotatable bonds is 3. The maximum atomic E-state index is 6.04. The first-order valence-corrected chi connectivity index (χ1v) is 6.83. The van der Waals surface area contributed by atoms with E-state index in [-0.39, 0.29) is 0 Å². The maximum absolute atomic E-state index is 6.04. The van der Waals surface area contributed by atoms with Crippen LogP contribution in [0.1, 0.15) is 31.4 Å². The lowest BCUT2D eigenvalue weighted by molar-refractivity contribution is 0.510. The lowest BCUT2D eigenvalue weighted by Crippen LogP contribution is -2.25. The standard InChI is InChI=1S/C12H16ClNS/c1-2-6-14-11-5-7-15-12-4-3-9(13)8-10(11)12/h3-4,8,11,14H,2,5-7H2,1H3. The third-order valence-electron chi connectivity index (χ3n) is 2.65. The topological polar surface area (TPSA) is 12.0 Å². The summed E-state index contributed by atoms with van der Waals surface area (Å²) in [6, 6.07) is 6.73. The molecular formula is C12H16ClNS. The van der Waals surface area contributed by atoms with Crippen molar-refractivity contribution in [3.8, 4) is 0 Å². The van der Waals surface area contributed by atoms with Crippen LogP contribution in [0.4, 0.5) is 0 Å². The highest BCUT2D eigenvalue weighted by Crippen LogP contribution is 2.37. The largest absolute Gasteiger partial charge is 0.310 e. The first kappa shape index (κ1) is 11.3. The van der Waals surface area contributed by atoms with Crippen LogP contribution < -0.4 is 5.32 Å². The van der Waals surface area contributed by atoms with Crippen LogP contribution in [0, 0.1) is 0 Å². The Morgan fingerprint density at radius 1 is 1.53 bits per heavy atom. The Morgan fingerprint density at radius 2 is 2.40 bits per heavy atom. The summed E-state index contributed by atoms with van der Waals surface area (Å²) in [4.78, 5) is 1.39. The number of hydrogen-bond donors (Lipinski definition) is 1. The molecule has 0 saturated carbocycles. The van der Waals surface area contributed by atoms with Gasteiger partial charge in [-0.2, -0.15) is 0 Å². The molecule has 15 heavy (non-hydrogen) atoms. The van der Waals surface area contributed by atoms with Gasteiger partial charge in [-0.15, -0.1) is 11.8 Å². The Morgan fingerprint density at radius 3 is 3.20 bits per heavy atom. The van der Waals surface area contributed by atoms with Gasteiger partial charge in [0.15, 0.2) is 0 Å². The maximum Gasteiger partial charge on any atom is 0.0410 e. The molecule has 1 aliphatic rings. The van der Waals surface area contributed by atoms with E-state index in [2.05, 4.69) is 24.4 Å². The fraction of sp³-hybridized carbons (Fsp3) is 0.500. The van der Waals surface area contributed by atoms with Crippen molar-refractivity contribution in [1.29, 1.82) is 0 Å². The molecule has 0 amide bonds. The molecule has 0 bridgehead atoms. The fourth-order valence-electron chi connectivity index (χ4n) is 1.90. The zero-order valence-corrected chi connectivity index (χ0v) is 10.5. The molecule has 1 heterocycles. The highest BCUT2D eigenvalue weighted by molar-refractivity contribution is 7.99. The molecule has 0 saturated heterocycles. The second-order valence-electron chi connectivity index (χ2n) is 3.83. The second-order valence-corrected chi connectivity index (χ2v) is 5.40. The van der Waals surface area contributed by atoms with Crippen molar-refractivity contribution in [1.82, 2.24) is 5.32 Å². The zero-order valence-electron chi connectivity index (χ0n) is 8.92. The molecule has 1 N–H and O–H groups in total. The van der Waals surface area contributed by atoms with Gasteiger partial charge in [-0.1, -0.05) is 18.5 Å². The molecule has 0 spiro atoms. The minimum atomic E-state index is 0.500. The van der Waals surface area contributed by atoms with Crippen molar-refractivity contribution in [3.63, 3.8) is 0 Å². The van der Waals surface area contributed by atoms with Crippen LogP contribution in [-0.4, -0.2) is 12.3 Å². The molecule has 0 fully saturated rings. The first-order valence-electron chi connectivity index (χ1n) is 5.47. The SMILES string of the molecule is CCCNC1CCSc2ccc(Cl)cc21. The summed E-state index contributed by atoms with van der Waals surface area (Å²) < 4.78 is 0. The van der Waals surface area contributed by atoms with E-state index >= 15 is 0 Å². The van der Waals surface area contributed by atoms with Gasteiger partial charge in [0, 0.05) is 16.0 Å².